The summed E-state index contributed by atoms with van der Waals surface area (Å²) in [5.41, 5.74) is 4.40. The van der Waals surface area contributed by atoms with Gasteiger partial charge in [0.15, 0.2) is 0 Å². The maximum absolute atomic E-state index is 12.2. The standard InChI is InChI=1S/C21H16N2O4/c24-20(25)17-10-5-11-22-19(17)23-21(26)27-12-18-15-8-3-1-6-13(15)14-7-2-4-9-16(14)18/h1-11,18H,12H2,(H,24,25)(H,22,23,26). The van der Waals surface area contributed by atoms with Crippen LogP contribution < -0.4 is 5.32 Å². The molecular formula is C21H16N2O4. The van der Waals surface area contributed by atoms with Crippen molar-refractivity contribution >= 4 is 17.9 Å². The van der Waals surface area contributed by atoms with E-state index in [1.807, 2.05) is 36.4 Å². The summed E-state index contributed by atoms with van der Waals surface area (Å²) in [5.74, 6) is -1.27. The largest absolute Gasteiger partial charge is 0.478 e. The zero-order chi connectivity index (χ0) is 18.8. The molecule has 2 N–H and O–H groups in total. The first-order chi connectivity index (χ1) is 13.1. The minimum atomic E-state index is -1.17. The Kier molecular flexibility index (Phi) is 4.30. The van der Waals surface area contributed by atoms with E-state index in [2.05, 4.69) is 22.4 Å². The van der Waals surface area contributed by atoms with E-state index >= 15 is 0 Å². The molecule has 0 spiro atoms. The first kappa shape index (κ1) is 16.8. The number of carbonyl (C=O) groups excluding carboxylic acids is 1. The van der Waals surface area contributed by atoms with E-state index in [0.717, 1.165) is 22.3 Å². The number of anilines is 1. The van der Waals surface area contributed by atoms with Crippen molar-refractivity contribution in [2.45, 2.75) is 5.92 Å². The van der Waals surface area contributed by atoms with Crippen LogP contribution >= 0.6 is 0 Å². The second-order valence-electron chi connectivity index (χ2n) is 6.16. The number of rotatable bonds is 4. The number of aromatic carboxylic acids is 1. The number of nitrogens with one attached hydrogen (secondary N) is 1. The molecule has 0 fully saturated rings. The van der Waals surface area contributed by atoms with E-state index in [9.17, 15) is 9.59 Å². The molecule has 0 atom stereocenters. The van der Waals surface area contributed by atoms with E-state index in [0.29, 0.717) is 0 Å². The highest BCUT2D eigenvalue weighted by molar-refractivity contribution is 5.97. The zero-order valence-corrected chi connectivity index (χ0v) is 14.3. The Balaban J connectivity index is 1.51. The summed E-state index contributed by atoms with van der Waals surface area (Å²) in [5, 5.41) is 11.6. The fourth-order valence-corrected chi connectivity index (χ4v) is 3.41. The number of carbonyl (C=O) groups is 2. The van der Waals surface area contributed by atoms with E-state index in [1.165, 1.54) is 18.3 Å². The number of fused-ring (bicyclic) bond motifs is 3. The minimum absolute atomic E-state index is 0.0396. The van der Waals surface area contributed by atoms with Gasteiger partial charge >= 0.3 is 12.1 Å². The van der Waals surface area contributed by atoms with Crippen molar-refractivity contribution in [3.63, 3.8) is 0 Å². The van der Waals surface area contributed by atoms with E-state index < -0.39 is 12.1 Å². The Bertz CT molecular complexity index is 986. The number of carboxylic acids is 1. The van der Waals surface area contributed by atoms with Crippen LogP contribution in [0, 0.1) is 0 Å². The fraction of sp³-hybridized carbons (Fsp3) is 0.0952. The van der Waals surface area contributed by atoms with Crippen LogP contribution in [0.4, 0.5) is 10.6 Å². The summed E-state index contributed by atoms with van der Waals surface area (Å²) in [4.78, 5) is 27.3. The Labute approximate surface area is 155 Å². The normalized spacial score (nSPS) is 12.1. The summed E-state index contributed by atoms with van der Waals surface area (Å²) in [6.45, 7) is 0.148. The number of ether oxygens (including phenoxy) is 1. The predicted octanol–water partition coefficient (Wildman–Crippen LogP) is 4.14. The molecule has 4 rings (SSSR count). The average Bonchev–Trinajstić information content (AvgIpc) is 3.00. The quantitative estimate of drug-likeness (QED) is 0.730. The third kappa shape index (κ3) is 3.13. The number of hydrogen-bond donors (Lipinski definition) is 2. The van der Waals surface area contributed by atoms with Gasteiger partial charge in [0, 0.05) is 12.1 Å². The molecule has 3 aromatic rings. The van der Waals surface area contributed by atoms with Gasteiger partial charge in [0.25, 0.3) is 0 Å². The van der Waals surface area contributed by atoms with Gasteiger partial charge in [0.05, 0.1) is 0 Å². The molecule has 1 aliphatic carbocycles. The topological polar surface area (TPSA) is 88.5 Å². The van der Waals surface area contributed by atoms with Crippen LogP contribution in [-0.4, -0.2) is 28.8 Å². The molecule has 2 aromatic carbocycles. The van der Waals surface area contributed by atoms with Gasteiger partial charge in [-0.15, -0.1) is 0 Å². The highest BCUT2D eigenvalue weighted by atomic mass is 16.5. The van der Waals surface area contributed by atoms with E-state index in [4.69, 9.17) is 9.84 Å². The Hall–Kier alpha value is -3.67. The van der Waals surface area contributed by atoms with E-state index in [1.54, 1.807) is 0 Å². The van der Waals surface area contributed by atoms with Crippen LogP contribution in [0.2, 0.25) is 0 Å². The number of pyridine rings is 1. The van der Waals surface area contributed by atoms with Crippen LogP contribution in [0.25, 0.3) is 11.1 Å². The van der Waals surface area contributed by atoms with Crippen molar-refractivity contribution in [1.82, 2.24) is 4.98 Å². The summed E-state index contributed by atoms with van der Waals surface area (Å²) in [7, 11) is 0. The van der Waals surface area contributed by atoms with Gasteiger partial charge in [-0.3, -0.25) is 5.32 Å². The molecule has 0 unspecified atom stereocenters. The third-order valence-electron chi connectivity index (χ3n) is 4.60. The van der Waals surface area contributed by atoms with Gasteiger partial charge in [-0.25, -0.2) is 14.6 Å². The molecule has 0 radical (unpaired) electrons. The highest BCUT2D eigenvalue weighted by Gasteiger charge is 2.29. The Morgan fingerprint density at radius 2 is 1.59 bits per heavy atom. The smallest absolute Gasteiger partial charge is 0.412 e. The molecule has 0 saturated heterocycles. The van der Waals surface area contributed by atoms with Gasteiger partial charge in [-0.2, -0.15) is 0 Å². The lowest BCUT2D eigenvalue weighted by atomic mass is 9.98. The van der Waals surface area contributed by atoms with Crippen LogP contribution in [0.3, 0.4) is 0 Å². The number of amides is 1. The van der Waals surface area contributed by atoms with Crippen molar-refractivity contribution in [3.05, 3.63) is 83.6 Å². The zero-order valence-electron chi connectivity index (χ0n) is 14.3. The molecule has 6 heteroatoms. The van der Waals surface area contributed by atoms with E-state index in [-0.39, 0.29) is 23.9 Å². The van der Waals surface area contributed by atoms with Crippen molar-refractivity contribution in [1.29, 1.82) is 0 Å². The number of hydrogen-bond acceptors (Lipinski definition) is 4. The van der Waals surface area contributed by atoms with Crippen molar-refractivity contribution in [2.75, 3.05) is 11.9 Å². The number of benzene rings is 2. The van der Waals surface area contributed by atoms with Crippen LogP contribution in [0.15, 0.2) is 66.9 Å². The second-order valence-corrected chi connectivity index (χ2v) is 6.16. The monoisotopic (exact) mass is 360 g/mol. The lowest BCUT2D eigenvalue weighted by molar-refractivity contribution is 0.0697. The van der Waals surface area contributed by atoms with Crippen molar-refractivity contribution in [2.24, 2.45) is 0 Å². The van der Waals surface area contributed by atoms with Crippen molar-refractivity contribution in [3.8, 4) is 11.1 Å². The molecule has 0 aliphatic heterocycles. The van der Waals surface area contributed by atoms with Gasteiger partial charge < -0.3 is 9.84 Å². The van der Waals surface area contributed by atoms with Crippen LogP contribution in [0.1, 0.15) is 27.4 Å². The number of nitrogens with zero attached hydrogens (tertiary/aromatic N) is 1. The molecule has 27 heavy (non-hydrogen) atoms. The molecule has 1 aromatic heterocycles. The van der Waals surface area contributed by atoms with Gasteiger partial charge in [0.2, 0.25) is 0 Å². The number of aromatic nitrogens is 1. The lowest BCUT2D eigenvalue weighted by Gasteiger charge is -2.14. The summed E-state index contributed by atoms with van der Waals surface area (Å²) < 4.78 is 5.40. The van der Waals surface area contributed by atoms with Crippen molar-refractivity contribution < 1.29 is 19.4 Å². The predicted molar refractivity (Wildman–Crippen MR) is 99.9 cm³/mol. The van der Waals surface area contributed by atoms with Gasteiger partial charge in [0.1, 0.15) is 18.0 Å². The average molecular weight is 360 g/mol. The SMILES string of the molecule is O=C(Nc1ncccc1C(=O)O)OCC1c2ccccc2-c2ccccc21. The third-order valence-corrected chi connectivity index (χ3v) is 4.60. The Morgan fingerprint density at radius 3 is 2.22 bits per heavy atom. The molecule has 6 nitrogen and oxygen atoms in total. The maximum atomic E-state index is 12.2. The second kappa shape index (κ2) is 6.92. The van der Waals surface area contributed by atoms with Crippen LogP contribution in [-0.2, 0) is 4.74 Å². The molecule has 1 amide bonds. The molecule has 134 valence electrons. The van der Waals surface area contributed by atoms with Gasteiger partial charge in [-0.1, -0.05) is 48.5 Å². The first-order valence-corrected chi connectivity index (χ1v) is 8.45. The van der Waals surface area contributed by atoms with Crippen LogP contribution in [0.5, 0.6) is 0 Å². The molecular weight excluding hydrogens is 344 g/mol. The summed E-state index contributed by atoms with van der Waals surface area (Å²) in [6.07, 6.45) is 0.670. The lowest BCUT2D eigenvalue weighted by Crippen LogP contribution is -2.20. The highest BCUT2D eigenvalue weighted by Crippen LogP contribution is 2.44. The first-order valence-electron chi connectivity index (χ1n) is 8.45. The maximum Gasteiger partial charge on any atom is 0.412 e. The van der Waals surface area contributed by atoms with Gasteiger partial charge in [-0.05, 0) is 34.4 Å². The minimum Gasteiger partial charge on any atom is -0.478 e. The number of carboxylic acid groups (broad SMARTS) is 1. The molecule has 0 saturated carbocycles. The summed E-state index contributed by atoms with van der Waals surface area (Å²) in [6, 6.07) is 18.9. The molecule has 1 aliphatic rings. The Morgan fingerprint density at radius 1 is 0.963 bits per heavy atom. The molecule has 0 bridgehead atoms. The fourth-order valence-electron chi connectivity index (χ4n) is 3.41. The summed E-state index contributed by atoms with van der Waals surface area (Å²) >= 11 is 0. The molecule has 1 heterocycles.